The molecular formula is C51H62Cl2N4O10. The summed E-state index contributed by atoms with van der Waals surface area (Å²) in [6.07, 6.45) is 13.3. The third-order valence-electron chi connectivity index (χ3n) is 15.9. The minimum atomic E-state index is -1.20. The van der Waals surface area contributed by atoms with E-state index in [2.05, 4.69) is 30.7 Å². The molecule has 10 rings (SSSR count). The summed E-state index contributed by atoms with van der Waals surface area (Å²) in [4.78, 5) is 45.0. The van der Waals surface area contributed by atoms with Crippen molar-refractivity contribution in [3.05, 3.63) is 101 Å². The summed E-state index contributed by atoms with van der Waals surface area (Å²) >= 11 is 12.7. The number of ether oxygens (including phenoxy) is 5. The van der Waals surface area contributed by atoms with Crippen LogP contribution in [0.5, 0.6) is 5.75 Å². The van der Waals surface area contributed by atoms with Crippen LogP contribution in [0.3, 0.4) is 0 Å². The maximum absolute atomic E-state index is 13.2. The van der Waals surface area contributed by atoms with E-state index < -0.39 is 41.9 Å². The lowest BCUT2D eigenvalue weighted by Crippen LogP contribution is -2.63. The lowest BCUT2D eigenvalue weighted by atomic mass is 9.46. The molecule has 4 aliphatic carbocycles. The molecule has 16 heteroatoms. The first-order valence-electron chi connectivity index (χ1n) is 23.7. The minimum Gasteiger partial charge on any atom is -0.491 e. The van der Waals surface area contributed by atoms with Crippen molar-refractivity contribution in [2.24, 2.45) is 28.6 Å². The number of halogens is 2. The second-order valence-electron chi connectivity index (χ2n) is 19.7. The van der Waals surface area contributed by atoms with Crippen LogP contribution in [-0.2, 0) is 45.7 Å². The van der Waals surface area contributed by atoms with Gasteiger partial charge in [-0.15, -0.1) is 0 Å². The van der Waals surface area contributed by atoms with Crippen LogP contribution in [0.25, 0.3) is 0 Å². The lowest BCUT2D eigenvalue weighted by Gasteiger charge is -2.59. The van der Waals surface area contributed by atoms with Crippen LogP contribution in [0.15, 0.2) is 85.0 Å². The van der Waals surface area contributed by atoms with Crippen LogP contribution in [0, 0.1) is 28.6 Å². The SMILES string of the molecule is CC(=O)N1CCN(c2ccc(OC[C@H]3CO[C@](Cn4ccnc4)(c4ccc(Cl)cc4Cl)O3)cc2)CC1.CCCC1O[C@@H]2C[C@H]3[C@@H]4CCC5=CC(=O)C=C[C@]5(C)[C@H]4[C@@H](O)C[C@]3(C)[C@]2(C(=O)CO)O1. The van der Waals surface area contributed by atoms with Crippen molar-refractivity contribution in [1.29, 1.82) is 0 Å². The number of imidazole rings is 1. The normalized spacial score (nSPS) is 35.2. The van der Waals surface area contributed by atoms with Gasteiger partial charge in [0, 0.05) is 78.5 Å². The number of aliphatic hydroxyl groups excluding tert-OH is 2. The number of rotatable bonds is 11. The number of nitrogens with zero attached hydrogens (tertiary/aromatic N) is 4. The number of hydrogen-bond donors (Lipinski definition) is 2. The molecule has 2 N–H and O–H groups in total. The van der Waals surface area contributed by atoms with Gasteiger partial charge in [-0.05, 0) is 92.5 Å². The van der Waals surface area contributed by atoms with Crippen molar-refractivity contribution in [2.75, 3.05) is 50.9 Å². The number of Topliss-reactive ketones (excluding diaryl/α,β-unsaturated/α-hetero) is 1. The maximum Gasteiger partial charge on any atom is 0.219 e. The number of hydrogen-bond acceptors (Lipinski definition) is 12. The summed E-state index contributed by atoms with van der Waals surface area (Å²) in [5.74, 6) is -0.174. The van der Waals surface area contributed by atoms with Gasteiger partial charge in [-0.25, -0.2) is 4.98 Å². The van der Waals surface area contributed by atoms with Gasteiger partial charge >= 0.3 is 0 Å². The van der Waals surface area contributed by atoms with Crippen LogP contribution in [0.4, 0.5) is 5.69 Å². The number of fused-ring (bicyclic) bond motifs is 7. The number of carbonyl (C=O) groups excluding carboxylic acids is 3. The quantitative estimate of drug-likeness (QED) is 0.205. The molecule has 0 bridgehead atoms. The van der Waals surface area contributed by atoms with Crippen molar-refractivity contribution in [3.8, 4) is 5.75 Å². The van der Waals surface area contributed by atoms with Crippen molar-refractivity contribution in [1.82, 2.24) is 14.5 Å². The van der Waals surface area contributed by atoms with Gasteiger partial charge in [-0.3, -0.25) is 14.4 Å². The Morgan fingerprint density at radius 3 is 2.51 bits per heavy atom. The Kier molecular flexibility index (Phi) is 13.6. The van der Waals surface area contributed by atoms with E-state index in [0.717, 1.165) is 62.5 Å². The van der Waals surface area contributed by atoms with E-state index in [0.29, 0.717) is 54.6 Å². The highest BCUT2D eigenvalue weighted by atomic mass is 35.5. The molecule has 0 spiro atoms. The molecule has 7 aliphatic rings. The predicted molar refractivity (Wildman–Crippen MR) is 250 cm³/mol. The zero-order valence-corrected chi connectivity index (χ0v) is 40.2. The van der Waals surface area contributed by atoms with Gasteiger partial charge in [-0.2, -0.15) is 0 Å². The molecule has 1 aromatic heterocycles. The summed E-state index contributed by atoms with van der Waals surface area (Å²) in [5, 5.41) is 22.4. The number of amides is 1. The summed E-state index contributed by atoms with van der Waals surface area (Å²) in [6, 6.07) is 13.3. The molecule has 3 saturated heterocycles. The molecule has 360 valence electrons. The Morgan fingerprint density at radius 1 is 1.04 bits per heavy atom. The number of anilines is 1. The zero-order valence-electron chi connectivity index (χ0n) is 38.7. The number of piperazine rings is 1. The van der Waals surface area contributed by atoms with Crippen LogP contribution < -0.4 is 9.64 Å². The minimum absolute atomic E-state index is 0.0125. The fraction of sp³-hybridized carbons (Fsp3) is 0.569. The summed E-state index contributed by atoms with van der Waals surface area (Å²) < 4.78 is 33.3. The van der Waals surface area contributed by atoms with E-state index in [1.54, 1.807) is 43.7 Å². The van der Waals surface area contributed by atoms with Crippen LogP contribution in [0.1, 0.15) is 71.8 Å². The molecule has 14 nitrogen and oxygen atoms in total. The Labute approximate surface area is 402 Å². The standard InChI is InChI=1S/C26H28Cl2N4O4.C25H34O6/c1-19(33)31-10-12-32(13-11-31)21-3-5-22(6-4-21)34-15-23-16-35-26(36-23,17-30-9-8-29-18-30)24-7-2-20(27)14-25(24)28;1-4-5-21-30-20-11-17-16-7-6-14-10-15(27)8-9-23(14,2)22(16)18(28)12-24(17,3)25(20,31-21)19(29)13-26/h2-9,14,18,23H,10-13,15-17H2,1H3;8-10,16-18,20-22,26,28H,4-7,11-13H2,1-3H3/t23-,26-;16-,17-,18-,20+,21?,22+,23-,24-,25+/m00/s1. The zero-order chi connectivity index (χ0) is 47.3. The van der Waals surface area contributed by atoms with Gasteiger partial charge in [0.05, 0.1) is 36.7 Å². The van der Waals surface area contributed by atoms with Crippen molar-refractivity contribution in [3.63, 3.8) is 0 Å². The van der Waals surface area contributed by atoms with Crippen molar-refractivity contribution >= 4 is 46.4 Å². The molecule has 3 aromatic rings. The van der Waals surface area contributed by atoms with E-state index in [9.17, 15) is 24.6 Å². The first kappa shape index (κ1) is 47.9. The first-order chi connectivity index (χ1) is 32.1. The molecule has 3 aliphatic heterocycles. The Balaban J connectivity index is 0.000000170. The average Bonchev–Trinajstić information content (AvgIpc) is 4.11. The fourth-order valence-electron chi connectivity index (χ4n) is 12.7. The van der Waals surface area contributed by atoms with E-state index in [1.165, 1.54) is 0 Å². The summed E-state index contributed by atoms with van der Waals surface area (Å²) in [6.45, 7) is 11.5. The molecule has 2 aromatic carbocycles. The topological polar surface area (TPSA) is 162 Å². The van der Waals surface area contributed by atoms with E-state index >= 15 is 0 Å². The molecule has 11 atom stereocenters. The molecule has 1 unspecified atom stereocenters. The Bertz CT molecular complexity index is 2370. The van der Waals surface area contributed by atoms with Crippen LogP contribution in [-0.4, -0.2) is 118 Å². The van der Waals surface area contributed by atoms with E-state index in [4.69, 9.17) is 46.9 Å². The third-order valence-corrected chi connectivity index (χ3v) is 16.4. The predicted octanol–water partition coefficient (Wildman–Crippen LogP) is 6.92. The smallest absolute Gasteiger partial charge is 0.219 e. The van der Waals surface area contributed by atoms with Crippen molar-refractivity contribution < 1.29 is 48.3 Å². The van der Waals surface area contributed by atoms with Gasteiger partial charge < -0.3 is 48.3 Å². The molecule has 4 heterocycles. The number of allylic oxidation sites excluding steroid dienone is 4. The largest absolute Gasteiger partial charge is 0.491 e. The molecule has 6 fully saturated rings. The summed E-state index contributed by atoms with van der Waals surface area (Å²) in [5.41, 5.74) is 0.774. The van der Waals surface area contributed by atoms with Crippen LogP contribution in [0.2, 0.25) is 10.0 Å². The monoisotopic (exact) mass is 960 g/mol. The Morgan fingerprint density at radius 2 is 1.82 bits per heavy atom. The molecule has 0 radical (unpaired) electrons. The number of aromatic nitrogens is 2. The van der Waals surface area contributed by atoms with Gasteiger partial charge in [0.1, 0.15) is 25.1 Å². The molecule has 3 saturated carbocycles. The number of aliphatic hydroxyl groups is 2. The molecule has 1 amide bonds. The van der Waals surface area contributed by atoms with E-state index in [1.807, 2.05) is 52.1 Å². The van der Waals surface area contributed by atoms with E-state index in [-0.39, 0.29) is 46.7 Å². The molecule has 67 heavy (non-hydrogen) atoms. The highest BCUT2D eigenvalue weighted by molar-refractivity contribution is 6.35. The molecular weight excluding hydrogens is 899 g/mol. The third kappa shape index (κ3) is 8.68. The van der Waals surface area contributed by atoms with Gasteiger partial charge in [0.2, 0.25) is 11.7 Å². The average molecular weight is 962 g/mol. The summed E-state index contributed by atoms with van der Waals surface area (Å²) in [7, 11) is 0. The van der Waals surface area contributed by atoms with Gasteiger partial charge in [0.15, 0.2) is 23.5 Å². The fourth-order valence-corrected chi connectivity index (χ4v) is 13.3. The van der Waals surface area contributed by atoms with Crippen molar-refractivity contribution in [2.45, 2.75) is 109 Å². The van der Waals surface area contributed by atoms with Gasteiger partial charge in [0.25, 0.3) is 0 Å². The second kappa shape index (κ2) is 19.0. The number of ketones is 2. The number of carbonyl (C=O) groups is 3. The van der Waals surface area contributed by atoms with Gasteiger partial charge in [-0.1, -0.05) is 68.1 Å². The first-order valence-corrected chi connectivity index (χ1v) is 24.4. The van der Waals surface area contributed by atoms with Crippen LogP contribution >= 0.6 is 23.2 Å². The maximum atomic E-state index is 13.2. The highest BCUT2D eigenvalue weighted by Crippen LogP contribution is 2.69. The lowest BCUT2D eigenvalue weighted by molar-refractivity contribution is -0.200. The second-order valence-corrected chi connectivity index (χ2v) is 20.5. The number of benzene rings is 2. The highest BCUT2D eigenvalue weighted by Gasteiger charge is 2.75. The Hall–Kier alpha value is -4.12.